The number of rotatable bonds is 5. The molecular formula is C11H15NO. The van der Waals surface area contributed by atoms with Gasteiger partial charge in [-0.15, -0.1) is 0 Å². The topological polar surface area (TPSA) is 21.3 Å². The maximum Gasteiger partial charge on any atom is 0.139 e. The molecule has 0 amide bonds. The van der Waals surface area contributed by atoms with Crippen LogP contribution in [0.1, 0.15) is 12.5 Å². The molecule has 0 aliphatic rings. The molecule has 0 saturated carbocycles. The van der Waals surface area contributed by atoms with Crippen molar-refractivity contribution >= 4 is 0 Å². The summed E-state index contributed by atoms with van der Waals surface area (Å²) in [6.07, 6.45) is 0. The van der Waals surface area contributed by atoms with Gasteiger partial charge in [0.05, 0.1) is 5.76 Å². The lowest BCUT2D eigenvalue weighted by molar-refractivity contribution is 0.190. The summed E-state index contributed by atoms with van der Waals surface area (Å²) >= 11 is 0. The fourth-order valence-corrected chi connectivity index (χ4v) is 0.965. The van der Waals surface area contributed by atoms with E-state index in [2.05, 4.69) is 24.0 Å². The highest BCUT2D eigenvalue weighted by molar-refractivity contribution is 5.14. The summed E-state index contributed by atoms with van der Waals surface area (Å²) in [6, 6.07) is 10.2. The number of hydrogen-bond donors (Lipinski definition) is 1. The van der Waals surface area contributed by atoms with Gasteiger partial charge in [-0.1, -0.05) is 36.9 Å². The summed E-state index contributed by atoms with van der Waals surface area (Å²) in [4.78, 5) is 0. The Balaban J connectivity index is 2.17. The molecule has 0 radical (unpaired) electrons. The average molecular weight is 177 g/mol. The van der Waals surface area contributed by atoms with Gasteiger partial charge in [0.25, 0.3) is 0 Å². The molecule has 2 nitrogen and oxygen atoms in total. The second-order valence-corrected chi connectivity index (χ2v) is 2.90. The molecule has 1 rings (SSSR count). The molecule has 0 aliphatic heterocycles. The van der Waals surface area contributed by atoms with Crippen LogP contribution in [0.3, 0.4) is 0 Å². The van der Waals surface area contributed by atoms with Gasteiger partial charge < -0.3 is 4.74 Å². The Hall–Kier alpha value is -1.28. The number of benzene rings is 1. The summed E-state index contributed by atoms with van der Waals surface area (Å²) in [7, 11) is 0. The van der Waals surface area contributed by atoms with Crippen molar-refractivity contribution in [3.05, 3.63) is 48.2 Å². The van der Waals surface area contributed by atoms with Crippen LogP contribution in [0.2, 0.25) is 0 Å². The predicted molar refractivity (Wildman–Crippen MR) is 54.0 cm³/mol. The van der Waals surface area contributed by atoms with E-state index in [0.29, 0.717) is 6.73 Å². The van der Waals surface area contributed by atoms with Crippen LogP contribution in [0.4, 0.5) is 0 Å². The first kappa shape index (κ1) is 9.81. The second kappa shape index (κ2) is 5.38. The van der Waals surface area contributed by atoms with Gasteiger partial charge in [0, 0.05) is 6.54 Å². The van der Waals surface area contributed by atoms with Gasteiger partial charge in [-0.3, -0.25) is 5.32 Å². The largest absolute Gasteiger partial charge is 0.484 e. The van der Waals surface area contributed by atoms with E-state index in [0.717, 1.165) is 12.3 Å². The maximum absolute atomic E-state index is 5.16. The molecule has 1 aromatic rings. The minimum absolute atomic E-state index is 0.518. The third-order valence-electron chi connectivity index (χ3n) is 1.59. The third kappa shape index (κ3) is 4.33. The first-order valence-electron chi connectivity index (χ1n) is 4.32. The monoisotopic (exact) mass is 177 g/mol. The average Bonchev–Trinajstić information content (AvgIpc) is 2.14. The fraction of sp³-hybridized carbons (Fsp3) is 0.273. The van der Waals surface area contributed by atoms with Gasteiger partial charge in [0.15, 0.2) is 0 Å². The molecule has 13 heavy (non-hydrogen) atoms. The zero-order valence-electron chi connectivity index (χ0n) is 7.92. The molecule has 1 aromatic carbocycles. The Kier molecular flexibility index (Phi) is 4.06. The van der Waals surface area contributed by atoms with E-state index >= 15 is 0 Å². The van der Waals surface area contributed by atoms with E-state index in [1.54, 1.807) is 0 Å². The van der Waals surface area contributed by atoms with Gasteiger partial charge >= 0.3 is 0 Å². The summed E-state index contributed by atoms with van der Waals surface area (Å²) in [5.74, 6) is 0.737. The minimum Gasteiger partial charge on any atom is -0.484 e. The number of allylic oxidation sites excluding steroid dienone is 1. The number of ether oxygens (including phenoxy) is 1. The Bertz CT molecular complexity index is 256. The molecule has 1 N–H and O–H groups in total. The summed E-state index contributed by atoms with van der Waals surface area (Å²) in [6.45, 7) is 6.82. The Morgan fingerprint density at radius 3 is 2.69 bits per heavy atom. The van der Waals surface area contributed by atoms with Gasteiger partial charge in [-0.05, 0) is 12.5 Å². The van der Waals surface area contributed by atoms with Gasteiger partial charge in [-0.2, -0.15) is 0 Å². The molecule has 0 unspecified atom stereocenters. The van der Waals surface area contributed by atoms with Gasteiger partial charge in [-0.25, -0.2) is 0 Å². The highest BCUT2D eigenvalue weighted by Crippen LogP contribution is 1.97. The molecule has 0 saturated heterocycles. The normalized spacial score (nSPS) is 9.62. The van der Waals surface area contributed by atoms with Crippen LogP contribution in [0, 0.1) is 0 Å². The molecular weight excluding hydrogens is 162 g/mol. The van der Waals surface area contributed by atoms with Crippen molar-refractivity contribution in [1.29, 1.82) is 0 Å². The van der Waals surface area contributed by atoms with Crippen LogP contribution in [0.5, 0.6) is 0 Å². The first-order chi connectivity index (χ1) is 6.29. The highest BCUT2D eigenvalue weighted by atomic mass is 16.5. The van der Waals surface area contributed by atoms with Gasteiger partial charge in [0.2, 0.25) is 0 Å². The molecule has 0 fully saturated rings. The molecule has 0 aromatic heterocycles. The van der Waals surface area contributed by atoms with Crippen LogP contribution in [-0.2, 0) is 11.3 Å². The van der Waals surface area contributed by atoms with Crippen LogP contribution >= 0.6 is 0 Å². The summed E-state index contributed by atoms with van der Waals surface area (Å²) in [5, 5.41) is 3.15. The molecule has 0 atom stereocenters. The van der Waals surface area contributed by atoms with E-state index in [1.165, 1.54) is 5.56 Å². The Morgan fingerprint density at radius 2 is 2.08 bits per heavy atom. The fourth-order valence-electron chi connectivity index (χ4n) is 0.965. The quantitative estimate of drug-likeness (QED) is 0.423. The van der Waals surface area contributed by atoms with Crippen molar-refractivity contribution < 1.29 is 4.74 Å². The van der Waals surface area contributed by atoms with Gasteiger partial charge in [0.1, 0.15) is 6.73 Å². The minimum atomic E-state index is 0.518. The van der Waals surface area contributed by atoms with Crippen molar-refractivity contribution in [3.8, 4) is 0 Å². The van der Waals surface area contributed by atoms with E-state index in [9.17, 15) is 0 Å². The van der Waals surface area contributed by atoms with Crippen LogP contribution < -0.4 is 5.32 Å². The number of hydrogen-bond acceptors (Lipinski definition) is 2. The Morgan fingerprint density at radius 1 is 1.38 bits per heavy atom. The van der Waals surface area contributed by atoms with Crippen molar-refractivity contribution in [2.24, 2.45) is 0 Å². The number of nitrogens with one attached hydrogen (secondary N) is 1. The third-order valence-corrected chi connectivity index (χ3v) is 1.59. The molecule has 0 heterocycles. The smallest absolute Gasteiger partial charge is 0.139 e. The molecule has 2 heteroatoms. The lowest BCUT2D eigenvalue weighted by Gasteiger charge is -2.06. The van der Waals surface area contributed by atoms with Crippen molar-refractivity contribution in [2.75, 3.05) is 6.73 Å². The lowest BCUT2D eigenvalue weighted by Crippen LogP contribution is -2.16. The van der Waals surface area contributed by atoms with E-state index in [1.807, 2.05) is 25.1 Å². The van der Waals surface area contributed by atoms with Crippen LogP contribution in [-0.4, -0.2) is 6.73 Å². The van der Waals surface area contributed by atoms with Crippen LogP contribution in [0.15, 0.2) is 42.7 Å². The predicted octanol–water partition coefficient (Wildman–Crippen LogP) is 2.28. The van der Waals surface area contributed by atoms with Crippen molar-refractivity contribution in [3.63, 3.8) is 0 Å². The summed E-state index contributed by atoms with van der Waals surface area (Å²) < 4.78 is 5.16. The van der Waals surface area contributed by atoms with Crippen molar-refractivity contribution in [1.82, 2.24) is 5.32 Å². The molecule has 70 valence electrons. The van der Waals surface area contributed by atoms with Crippen LogP contribution in [0.25, 0.3) is 0 Å². The highest BCUT2D eigenvalue weighted by Gasteiger charge is 1.89. The van der Waals surface area contributed by atoms with Crippen molar-refractivity contribution in [2.45, 2.75) is 13.5 Å². The first-order valence-corrected chi connectivity index (χ1v) is 4.32. The summed E-state index contributed by atoms with van der Waals surface area (Å²) in [5.41, 5.74) is 1.26. The van der Waals surface area contributed by atoms with E-state index < -0.39 is 0 Å². The Labute approximate surface area is 79.2 Å². The molecule has 0 bridgehead atoms. The zero-order chi connectivity index (χ0) is 9.52. The lowest BCUT2D eigenvalue weighted by atomic mass is 10.2. The van der Waals surface area contributed by atoms with E-state index in [-0.39, 0.29) is 0 Å². The standard InChI is InChI=1S/C11H15NO/c1-10(2)13-9-12-8-11-6-4-3-5-7-11/h3-7,12H,1,8-9H2,2H3. The molecule has 0 spiro atoms. The van der Waals surface area contributed by atoms with E-state index in [4.69, 9.17) is 4.74 Å². The second-order valence-electron chi connectivity index (χ2n) is 2.90. The maximum atomic E-state index is 5.16. The zero-order valence-corrected chi connectivity index (χ0v) is 7.92. The SMILES string of the molecule is C=C(C)OCNCc1ccccc1. The molecule has 0 aliphatic carbocycles.